The average molecular weight is 335 g/mol. The number of amides is 1. The molecular weight excluding hydrogens is 316 g/mol. The standard InChI is InChI=1S/C16H19ClN4O2/c1-11-19-15(21-23-11)16(8-4-5-9-16)18-10-14(22)20-13-7-3-2-6-12(13)17/h2-3,6-7,18H,4-5,8-10H2,1H3,(H,20,22). The number of anilines is 1. The monoisotopic (exact) mass is 334 g/mol. The molecule has 1 heterocycles. The second-order valence-electron chi connectivity index (χ2n) is 5.81. The van der Waals surface area contributed by atoms with Gasteiger partial charge < -0.3 is 9.84 Å². The van der Waals surface area contributed by atoms with Gasteiger partial charge in [-0.2, -0.15) is 4.98 Å². The molecule has 0 aliphatic heterocycles. The maximum Gasteiger partial charge on any atom is 0.238 e. The van der Waals surface area contributed by atoms with E-state index in [1.54, 1.807) is 19.1 Å². The number of hydrogen-bond acceptors (Lipinski definition) is 5. The maximum absolute atomic E-state index is 12.2. The van der Waals surface area contributed by atoms with E-state index in [0.717, 1.165) is 25.7 Å². The van der Waals surface area contributed by atoms with E-state index < -0.39 is 0 Å². The van der Waals surface area contributed by atoms with Crippen molar-refractivity contribution in [3.8, 4) is 0 Å². The highest BCUT2D eigenvalue weighted by Gasteiger charge is 2.39. The van der Waals surface area contributed by atoms with Crippen molar-refractivity contribution < 1.29 is 9.32 Å². The Morgan fingerprint density at radius 2 is 2.09 bits per heavy atom. The van der Waals surface area contributed by atoms with Gasteiger partial charge in [0.1, 0.15) is 0 Å². The van der Waals surface area contributed by atoms with Gasteiger partial charge in [-0.05, 0) is 25.0 Å². The zero-order valence-corrected chi connectivity index (χ0v) is 13.7. The normalized spacial score (nSPS) is 16.4. The van der Waals surface area contributed by atoms with Crippen LogP contribution < -0.4 is 10.6 Å². The number of benzene rings is 1. The number of carbonyl (C=O) groups is 1. The van der Waals surface area contributed by atoms with E-state index in [4.69, 9.17) is 16.1 Å². The van der Waals surface area contributed by atoms with Crippen LogP contribution in [0.1, 0.15) is 37.4 Å². The van der Waals surface area contributed by atoms with Crippen LogP contribution >= 0.6 is 11.6 Å². The minimum Gasteiger partial charge on any atom is -0.340 e. The van der Waals surface area contributed by atoms with Crippen LogP contribution in [0.4, 0.5) is 5.69 Å². The molecule has 1 saturated carbocycles. The molecule has 1 aliphatic rings. The number of nitrogens with one attached hydrogen (secondary N) is 2. The first-order valence-corrected chi connectivity index (χ1v) is 8.07. The number of aryl methyl sites for hydroxylation is 1. The predicted molar refractivity (Wildman–Crippen MR) is 87.3 cm³/mol. The van der Waals surface area contributed by atoms with E-state index in [0.29, 0.717) is 22.4 Å². The molecule has 1 amide bonds. The molecule has 0 radical (unpaired) electrons. The van der Waals surface area contributed by atoms with Crippen molar-refractivity contribution in [2.24, 2.45) is 0 Å². The number of para-hydroxylation sites is 1. The number of carbonyl (C=O) groups excluding carboxylic acids is 1. The number of aromatic nitrogens is 2. The highest BCUT2D eigenvalue weighted by molar-refractivity contribution is 6.33. The summed E-state index contributed by atoms with van der Waals surface area (Å²) >= 11 is 6.05. The van der Waals surface area contributed by atoms with Crippen molar-refractivity contribution in [2.45, 2.75) is 38.1 Å². The summed E-state index contributed by atoms with van der Waals surface area (Å²) in [7, 11) is 0. The number of hydrogen-bond donors (Lipinski definition) is 2. The molecule has 0 unspecified atom stereocenters. The Bertz CT molecular complexity index is 695. The molecule has 0 bridgehead atoms. The lowest BCUT2D eigenvalue weighted by molar-refractivity contribution is -0.115. The molecule has 6 nitrogen and oxygen atoms in total. The third-order valence-electron chi connectivity index (χ3n) is 4.15. The Kier molecular flexibility index (Phi) is 4.63. The quantitative estimate of drug-likeness (QED) is 0.878. The molecule has 2 N–H and O–H groups in total. The van der Waals surface area contributed by atoms with E-state index in [1.165, 1.54) is 0 Å². The third-order valence-corrected chi connectivity index (χ3v) is 4.48. The van der Waals surface area contributed by atoms with Gasteiger partial charge >= 0.3 is 0 Å². The molecule has 122 valence electrons. The third kappa shape index (κ3) is 3.54. The number of halogens is 1. The Hall–Kier alpha value is -1.92. The topological polar surface area (TPSA) is 80.0 Å². The highest BCUT2D eigenvalue weighted by atomic mass is 35.5. The van der Waals surface area contributed by atoms with Crippen molar-refractivity contribution >= 4 is 23.2 Å². The fraction of sp³-hybridized carbons (Fsp3) is 0.438. The predicted octanol–water partition coefficient (Wildman–Crippen LogP) is 3.03. The second kappa shape index (κ2) is 6.68. The van der Waals surface area contributed by atoms with Gasteiger partial charge in [-0.3, -0.25) is 10.1 Å². The van der Waals surface area contributed by atoms with E-state index >= 15 is 0 Å². The summed E-state index contributed by atoms with van der Waals surface area (Å²) in [6.45, 7) is 1.93. The summed E-state index contributed by atoms with van der Waals surface area (Å²) in [6.07, 6.45) is 3.94. The molecule has 1 aromatic heterocycles. The smallest absolute Gasteiger partial charge is 0.238 e. The lowest BCUT2D eigenvalue weighted by Gasteiger charge is -2.26. The summed E-state index contributed by atoms with van der Waals surface area (Å²) in [4.78, 5) is 16.6. The van der Waals surface area contributed by atoms with Gasteiger partial charge in [0.05, 0.1) is 22.8 Å². The SMILES string of the molecule is Cc1nc(C2(NCC(=O)Nc3ccccc3Cl)CCCC2)no1. The van der Waals surface area contributed by atoms with Crippen molar-refractivity contribution in [1.82, 2.24) is 15.5 Å². The van der Waals surface area contributed by atoms with Crippen molar-refractivity contribution in [3.05, 3.63) is 41.0 Å². The summed E-state index contributed by atoms with van der Waals surface area (Å²) in [5.41, 5.74) is 0.229. The van der Waals surface area contributed by atoms with E-state index in [9.17, 15) is 4.79 Å². The maximum atomic E-state index is 12.2. The Labute approximate surface area is 139 Å². The van der Waals surface area contributed by atoms with Crippen LogP contribution in [0, 0.1) is 6.92 Å². The molecule has 1 aliphatic carbocycles. The number of nitrogens with zero attached hydrogens (tertiary/aromatic N) is 2. The van der Waals surface area contributed by atoms with Crippen LogP contribution in [0.2, 0.25) is 5.02 Å². The molecule has 1 aromatic carbocycles. The minimum atomic E-state index is -0.379. The van der Waals surface area contributed by atoms with E-state index in [-0.39, 0.29) is 18.0 Å². The van der Waals surface area contributed by atoms with Gasteiger partial charge in [0.25, 0.3) is 0 Å². The van der Waals surface area contributed by atoms with Crippen molar-refractivity contribution in [1.29, 1.82) is 0 Å². The summed E-state index contributed by atoms with van der Waals surface area (Å²) in [5, 5.41) is 10.7. The van der Waals surface area contributed by atoms with Crippen LogP contribution in [0.15, 0.2) is 28.8 Å². The zero-order chi connectivity index (χ0) is 16.3. The average Bonchev–Trinajstić information content (AvgIpc) is 3.17. The van der Waals surface area contributed by atoms with E-state index in [2.05, 4.69) is 20.8 Å². The fourth-order valence-corrected chi connectivity index (χ4v) is 3.14. The molecule has 2 aromatic rings. The molecule has 0 saturated heterocycles. The molecule has 0 atom stereocenters. The van der Waals surface area contributed by atoms with Gasteiger partial charge in [-0.25, -0.2) is 0 Å². The van der Waals surface area contributed by atoms with Gasteiger partial charge in [0.15, 0.2) is 5.82 Å². The first-order valence-electron chi connectivity index (χ1n) is 7.69. The lowest BCUT2D eigenvalue weighted by Crippen LogP contribution is -2.44. The molecule has 23 heavy (non-hydrogen) atoms. The van der Waals surface area contributed by atoms with Gasteiger partial charge in [0, 0.05) is 6.92 Å². The largest absolute Gasteiger partial charge is 0.340 e. The molecular formula is C16H19ClN4O2. The molecule has 0 spiro atoms. The van der Waals surface area contributed by atoms with Crippen molar-refractivity contribution in [2.75, 3.05) is 11.9 Å². The van der Waals surface area contributed by atoms with Crippen LogP contribution in [0.3, 0.4) is 0 Å². The van der Waals surface area contributed by atoms with E-state index in [1.807, 2.05) is 12.1 Å². The second-order valence-corrected chi connectivity index (χ2v) is 6.21. The molecule has 7 heteroatoms. The summed E-state index contributed by atoms with van der Waals surface area (Å²) in [6, 6.07) is 7.16. The molecule has 3 rings (SSSR count). The molecule has 1 fully saturated rings. The summed E-state index contributed by atoms with van der Waals surface area (Å²) < 4.78 is 5.10. The van der Waals surface area contributed by atoms with Crippen LogP contribution in [0.5, 0.6) is 0 Å². The van der Waals surface area contributed by atoms with Gasteiger partial charge in [-0.15, -0.1) is 0 Å². The van der Waals surface area contributed by atoms with Crippen molar-refractivity contribution in [3.63, 3.8) is 0 Å². The van der Waals surface area contributed by atoms with Crippen LogP contribution in [-0.4, -0.2) is 22.6 Å². The Morgan fingerprint density at radius 1 is 1.35 bits per heavy atom. The number of rotatable bonds is 5. The lowest BCUT2D eigenvalue weighted by atomic mass is 9.96. The zero-order valence-electron chi connectivity index (χ0n) is 12.9. The van der Waals surface area contributed by atoms with Gasteiger partial charge in [0.2, 0.25) is 11.8 Å². The Balaban J connectivity index is 1.66. The summed E-state index contributed by atoms with van der Waals surface area (Å²) in [5.74, 6) is 1.02. The minimum absolute atomic E-state index is 0.149. The first-order chi connectivity index (χ1) is 11.1. The van der Waals surface area contributed by atoms with Crippen LogP contribution in [0.25, 0.3) is 0 Å². The van der Waals surface area contributed by atoms with Gasteiger partial charge in [-0.1, -0.05) is 41.7 Å². The highest BCUT2D eigenvalue weighted by Crippen LogP contribution is 2.37. The van der Waals surface area contributed by atoms with Crippen LogP contribution in [-0.2, 0) is 10.3 Å². The Morgan fingerprint density at radius 3 is 2.74 bits per heavy atom. The first kappa shape index (κ1) is 16.0. The fourth-order valence-electron chi connectivity index (χ4n) is 2.96.